The van der Waals surface area contributed by atoms with E-state index in [9.17, 15) is 22.4 Å². The van der Waals surface area contributed by atoms with Gasteiger partial charge in [0.25, 0.3) is 5.91 Å². The summed E-state index contributed by atoms with van der Waals surface area (Å²) >= 11 is 3.43. The fourth-order valence-electron chi connectivity index (χ4n) is 5.08. The van der Waals surface area contributed by atoms with E-state index in [2.05, 4.69) is 21.2 Å². The zero-order chi connectivity index (χ0) is 32.0. The highest BCUT2D eigenvalue weighted by Crippen LogP contribution is 2.43. The van der Waals surface area contributed by atoms with Gasteiger partial charge in [-0.25, -0.2) is 9.38 Å². The Hall–Kier alpha value is -4.22. The summed E-state index contributed by atoms with van der Waals surface area (Å²) in [5.74, 6) is -0.883. The van der Waals surface area contributed by atoms with Gasteiger partial charge in [-0.2, -0.15) is 13.2 Å². The van der Waals surface area contributed by atoms with E-state index in [1.165, 1.54) is 0 Å². The van der Waals surface area contributed by atoms with E-state index in [0.717, 1.165) is 22.2 Å². The van der Waals surface area contributed by atoms with Crippen molar-refractivity contribution in [1.29, 1.82) is 0 Å². The van der Waals surface area contributed by atoms with Crippen LogP contribution in [0.15, 0.2) is 107 Å². The maximum atomic E-state index is 14.3. The maximum absolute atomic E-state index is 14.3. The third kappa shape index (κ3) is 7.72. The number of nitrogens with one attached hydrogen (secondary N) is 1. The number of aliphatic imine (C=N–C) groups is 1. The number of alkyl halides is 3. The summed E-state index contributed by atoms with van der Waals surface area (Å²) in [6.45, 7) is -0.0154. The molecule has 4 aromatic carbocycles. The number of amides is 1. The minimum absolute atomic E-state index is 0.00875. The van der Waals surface area contributed by atoms with Crippen molar-refractivity contribution in [1.82, 2.24) is 5.32 Å². The van der Waals surface area contributed by atoms with Crippen LogP contribution in [-0.4, -0.2) is 35.7 Å². The van der Waals surface area contributed by atoms with Crippen LogP contribution in [0.2, 0.25) is 0 Å². The second kappa shape index (κ2) is 13.8. The Morgan fingerprint density at radius 3 is 2.36 bits per heavy atom. The molecule has 6 nitrogen and oxygen atoms in total. The number of aliphatic hydroxyl groups is 1. The summed E-state index contributed by atoms with van der Waals surface area (Å²) in [7, 11) is 0. The molecule has 0 fully saturated rings. The first-order valence-electron chi connectivity index (χ1n) is 14.1. The molecule has 0 spiro atoms. The fourth-order valence-corrected chi connectivity index (χ4v) is 5.34. The highest BCUT2D eigenvalue weighted by atomic mass is 79.9. The second-order valence-electron chi connectivity index (χ2n) is 10.5. The van der Waals surface area contributed by atoms with Gasteiger partial charge in [-0.1, -0.05) is 58.4 Å². The lowest BCUT2D eigenvalue weighted by molar-refractivity contribution is -0.137. The normalized spacial score (nSPS) is 17.8. The summed E-state index contributed by atoms with van der Waals surface area (Å²) in [4.78, 5) is 19.2. The molecule has 0 aromatic heterocycles. The van der Waals surface area contributed by atoms with Crippen molar-refractivity contribution < 1.29 is 36.9 Å². The zero-order valence-electron chi connectivity index (χ0n) is 23.9. The van der Waals surface area contributed by atoms with Crippen molar-refractivity contribution in [2.24, 2.45) is 4.99 Å². The Morgan fingerprint density at radius 2 is 1.69 bits per heavy atom. The Morgan fingerprint density at radius 1 is 0.978 bits per heavy atom. The van der Waals surface area contributed by atoms with E-state index < -0.39 is 35.1 Å². The first-order valence-corrected chi connectivity index (χ1v) is 14.9. The van der Waals surface area contributed by atoms with Gasteiger partial charge in [-0.3, -0.25) is 4.79 Å². The number of carbonyl (C=O) groups is 1. The van der Waals surface area contributed by atoms with Crippen LogP contribution in [0.1, 0.15) is 40.3 Å². The molecule has 5 rings (SSSR count). The summed E-state index contributed by atoms with van der Waals surface area (Å²) in [5, 5.41) is 11.7. The molecule has 2 atom stereocenters. The summed E-state index contributed by atoms with van der Waals surface area (Å²) < 4.78 is 67.1. The molecule has 0 saturated heterocycles. The van der Waals surface area contributed by atoms with Crippen LogP contribution < -0.4 is 10.1 Å². The van der Waals surface area contributed by atoms with Crippen molar-refractivity contribution in [3.63, 3.8) is 0 Å². The van der Waals surface area contributed by atoms with Crippen LogP contribution >= 0.6 is 15.9 Å². The van der Waals surface area contributed by atoms with E-state index in [4.69, 9.17) is 19.6 Å². The standard InChI is InChI=1S/C34H29BrF4N2O4/c35-27-11-7-22(8-12-27)20-33(32(43)40-21-23-17-26(34(37,38)39)19-28(36)18-23)30(24-5-2-1-3-6-24)45-31(41-33)25-9-13-29(14-10-25)44-16-4-15-42/h1-3,5-14,17-19,30,42H,4,15-16,20-21H2,(H,40,43)/t30-,33-/m1/s1. The molecule has 0 radical (unpaired) electrons. The first kappa shape index (κ1) is 32.2. The molecular weight excluding hydrogens is 656 g/mol. The van der Waals surface area contributed by atoms with Crippen molar-refractivity contribution in [2.75, 3.05) is 13.2 Å². The molecule has 4 aromatic rings. The second-order valence-corrected chi connectivity index (χ2v) is 11.4. The third-order valence-corrected chi connectivity index (χ3v) is 7.79. The van der Waals surface area contributed by atoms with Gasteiger partial charge in [0.2, 0.25) is 5.90 Å². The topological polar surface area (TPSA) is 80.2 Å². The number of rotatable bonds is 11. The smallest absolute Gasteiger partial charge is 0.416 e. The van der Waals surface area contributed by atoms with E-state index in [1.807, 2.05) is 54.6 Å². The van der Waals surface area contributed by atoms with Crippen LogP contribution in [0.25, 0.3) is 0 Å². The number of halogens is 5. The Kier molecular flexibility index (Phi) is 9.89. The lowest BCUT2D eigenvalue weighted by Crippen LogP contribution is -2.49. The Balaban J connectivity index is 1.54. The molecule has 234 valence electrons. The van der Waals surface area contributed by atoms with Gasteiger partial charge in [0.15, 0.2) is 11.6 Å². The van der Waals surface area contributed by atoms with E-state index >= 15 is 0 Å². The van der Waals surface area contributed by atoms with Crippen LogP contribution in [0.4, 0.5) is 17.6 Å². The number of hydrogen-bond donors (Lipinski definition) is 2. The molecular formula is C34H29BrF4N2O4. The summed E-state index contributed by atoms with van der Waals surface area (Å²) in [6.07, 6.45) is -5.08. The number of aliphatic hydroxyl groups excluding tert-OH is 1. The third-order valence-electron chi connectivity index (χ3n) is 7.26. The monoisotopic (exact) mass is 684 g/mol. The van der Waals surface area contributed by atoms with Crippen LogP contribution in [-0.2, 0) is 28.7 Å². The molecule has 0 bridgehead atoms. The van der Waals surface area contributed by atoms with Gasteiger partial charge >= 0.3 is 6.18 Å². The van der Waals surface area contributed by atoms with Crippen LogP contribution in [0.5, 0.6) is 5.75 Å². The van der Waals surface area contributed by atoms with Crippen molar-refractivity contribution >= 4 is 27.7 Å². The largest absolute Gasteiger partial charge is 0.494 e. The minimum Gasteiger partial charge on any atom is -0.494 e. The van der Waals surface area contributed by atoms with E-state index in [-0.39, 0.29) is 31.0 Å². The van der Waals surface area contributed by atoms with Gasteiger partial charge in [-0.05, 0) is 71.3 Å². The molecule has 1 aliphatic heterocycles. The number of benzene rings is 4. The van der Waals surface area contributed by atoms with Gasteiger partial charge in [0.05, 0.1) is 12.2 Å². The molecule has 0 saturated carbocycles. The SMILES string of the molecule is O=C(NCc1cc(F)cc(C(F)(F)F)c1)[C@]1(Cc2ccc(Br)cc2)N=C(c2ccc(OCCCO)cc2)O[C@@H]1c1ccccc1. The maximum Gasteiger partial charge on any atom is 0.416 e. The highest BCUT2D eigenvalue weighted by molar-refractivity contribution is 9.10. The first-order chi connectivity index (χ1) is 21.6. The van der Waals surface area contributed by atoms with E-state index in [1.54, 1.807) is 24.3 Å². The molecule has 45 heavy (non-hydrogen) atoms. The number of hydrogen-bond acceptors (Lipinski definition) is 5. The quantitative estimate of drug-likeness (QED) is 0.130. The fraction of sp³-hybridized carbons (Fsp3) is 0.235. The molecule has 0 unspecified atom stereocenters. The predicted molar refractivity (Wildman–Crippen MR) is 164 cm³/mol. The lowest BCUT2D eigenvalue weighted by Gasteiger charge is -2.31. The predicted octanol–water partition coefficient (Wildman–Crippen LogP) is 7.18. The molecule has 11 heteroatoms. The van der Waals surface area contributed by atoms with Crippen molar-refractivity contribution in [3.05, 3.63) is 135 Å². The van der Waals surface area contributed by atoms with Crippen molar-refractivity contribution in [3.8, 4) is 5.75 Å². The van der Waals surface area contributed by atoms with Gasteiger partial charge in [0.1, 0.15) is 11.6 Å². The number of carbonyl (C=O) groups excluding carboxylic acids is 1. The lowest BCUT2D eigenvalue weighted by atomic mass is 9.82. The zero-order valence-corrected chi connectivity index (χ0v) is 25.4. The van der Waals surface area contributed by atoms with Gasteiger partial charge in [0, 0.05) is 36.0 Å². The molecule has 1 heterocycles. The van der Waals surface area contributed by atoms with Crippen molar-refractivity contribution in [2.45, 2.75) is 37.2 Å². The molecule has 1 amide bonds. The number of nitrogens with zero attached hydrogens (tertiary/aromatic N) is 1. The minimum atomic E-state index is -4.75. The summed E-state index contributed by atoms with van der Waals surface area (Å²) in [6, 6.07) is 25.5. The van der Waals surface area contributed by atoms with Gasteiger partial charge < -0.3 is 19.9 Å². The van der Waals surface area contributed by atoms with Gasteiger partial charge in [-0.15, -0.1) is 0 Å². The average molecular weight is 686 g/mol. The number of ether oxygens (including phenoxy) is 2. The van der Waals surface area contributed by atoms with Crippen LogP contribution in [0, 0.1) is 5.82 Å². The molecule has 0 aliphatic carbocycles. The van der Waals surface area contributed by atoms with E-state index in [0.29, 0.717) is 36.0 Å². The average Bonchev–Trinajstić information content (AvgIpc) is 3.41. The Bertz CT molecular complexity index is 1650. The molecule has 1 aliphatic rings. The van der Waals surface area contributed by atoms with Crippen LogP contribution in [0.3, 0.4) is 0 Å². The highest BCUT2D eigenvalue weighted by Gasteiger charge is 2.53. The molecule has 2 N–H and O–H groups in total. The summed E-state index contributed by atoms with van der Waals surface area (Å²) in [5.41, 5.74) is -0.771. The Labute approximate surface area is 265 Å².